The van der Waals surface area contributed by atoms with Crippen molar-refractivity contribution >= 4 is 41.4 Å². The van der Waals surface area contributed by atoms with Crippen LogP contribution in [0.1, 0.15) is 10.4 Å². The van der Waals surface area contributed by atoms with Gasteiger partial charge in [-0.1, -0.05) is 23.2 Å². The Labute approximate surface area is 97.2 Å². The minimum atomic E-state index is 0.284. The number of aliphatic imine (C=N–C) groups is 1. The van der Waals surface area contributed by atoms with E-state index < -0.39 is 0 Å². The Morgan fingerprint density at radius 2 is 2.20 bits per heavy atom. The predicted octanol–water partition coefficient (Wildman–Crippen LogP) is 2.89. The van der Waals surface area contributed by atoms with Gasteiger partial charge in [0.05, 0.1) is 10.7 Å². The van der Waals surface area contributed by atoms with E-state index in [0.29, 0.717) is 22.6 Å². The van der Waals surface area contributed by atoms with Crippen molar-refractivity contribution in [2.45, 2.75) is 0 Å². The minimum Gasteiger partial charge on any atom is -0.403 e. The fraction of sp³-hybridized carbons (Fsp3) is 0. The van der Waals surface area contributed by atoms with Crippen LogP contribution in [-0.4, -0.2) is 12.5 Å². The smallest absolute Gasteiger partial charge is 0.152 e. The summed E-state index contributed by atoms with van der Waals surface area (Å²) in [5, 5.41) is 0.785. The summed E-state index contributed by atoms with van der Waals surface area (Å²) in [6, 6.07) is 4.77. The molecule has 0 spiro atoms. The standard InChI is InChI=1S/C10H8Cl2N2O/c11-8-2-1-7(6-15)10(3-8)14-5-9(12)4-13/h1-6H,13H2. The largest absolute Gasteiger partial charge is 0.403 e. The number of nitrogens with two attached hydrogens (primary N) is 1. The normalized spacial score (nSPS) is 12.0. The lowest BCUT2D eigenvalue weighted by molar-refractivity contribution is 0.112. The molecule has 0 fully saturated rings. The fourth-order valence-corrected chi connectivity index (χ4v) is 1.12. The summed E-state index contributed by atoms with van der Waals surface area (Å²) in [5.41, 5.74) is 6.05. The molecule has 0 saturated carbocycles. The van der Waals surface area contributed by atoms with E-state index in [0.717, 1.165) is 0 Å². The minimum absolute atomic E-state index is 0.284. The molecule has 15 heavy (non-hydrogen) atoms. The molecular formula is C10H8Cl2N2O. The third-order valence-corrected chi connectivity index (χ3v) is 2.06. The van der Waals surface area contributed by atoms with Crippen LogP contribution in [0.4, 0.5) is 5.69 Å². The maximum Gasteiger partial charge on any atom is 0.152 e. The first kappa shape index (κ1) is 11.8. The van der Waals surface area contributed by atoms with Crippen molar-refractivity contribution in [2.75, 3.05) is 0 Å². The fourth-order valence-electron chi connectivity index (χ4n) is 0.903. The Bertz CT molecular complexity index is 427. The predicted molar refractivity (Wildman–Crippen MR) is 63.1 cm³/mol. The van der Waals surface area contributed by atoms with Crippen LogP contribution in [0.15, 0.2) is 34.4 Å². The van der Waals surface area contributed by atoms with Crippen molar-refractivity contribution in [3.05, 3.63) is 40.0 Å². The molecule has 0 aliphatic heterocycles. The third-order valence-electron chi connectivity index (χ3n) is 1.61. The number of halogens is 2. The van der Waals surface area contributed by atoms with Crippen LogP contribution in [0.25, 0.3) is 0 Å². The molecule has 5 heteroatoms. The molecule has 3 nitrogen and oxygen atoms in total. The van der Waals surface area contributed by atoms with Gasteiger partial charge in [0.1, 0.15) is 0 Å². The van der Waals surface area contributed by atoms with Gasteiger partial charge in [-0.3, -0.25) is 9.79 Å². The summed E-state index contributed by atoms with van der Waals surface area (Å²) in [6.07, 6.45) is 3.25. The maximum absolute atomic E-state index is 10.7. The number of aldehydes is 1. The van der Waals surface area contributed by atoms with Crippen molar-refractivity contribution in [1.82, 2.24) is 0 Å². The molecule has 0 atom stereocenters. The number of carbonyl (C=O) groups is 1. The van der Waals surface area contributed by atoms with Crippen LogP contribution in [0, 0.1) is 0 Å². The Hall–Kier alpha value is -1.32. The van der Waals surface area contributed by atoms with Gasteiger partial charge in [0.15, 0.2) is 6.29 Å². The quantitative estimate of drug-likeness (QED) is 0.655. The van der Waals surface area contributed by atoms with Crippen molar-refractivity contribution in [3.8, 4) is 0 Å². The molecule has 0 bridgehead atoms. The molecule has 0 aromatic heterocycles. The highest BCUT2D eigenvalue weighted by molar-refractivity contribution is 6.39. The van der Waals surface area contributed by atoms with E-state index in [1.807, 2.05) is 0 Å². The number of rotatable bonds is 3. The maximum atomic E-state index is 10.7. The van der Waals surface area contributed by atoms with E-state index in [1.54, 1.807) is 18.2 Å². The van der Waals surface area contributed by atoms with Gasteiger partial charge in [0.25, 0.3) is 0 Å². The van der Waals surface area contributed by atoms with E-state index in [4.69, 9.17) is 28.9 Å². The average molecular weight is 243 g/mol. The molecule has 0 radical (unpaired) electrons. The van der Waals surface area contributed by atoms with Crippen molar-refractivity contribution in [2.24, 2.45) is 10.7 Å². The van der Waals surface area contributed by atoms with E-state index in [2.05, 4.69) is 4.99 Å². The second kappa shape index (κ2) is 5.53. The highest BCUT2D eigenvalue weighted by Gasteiger charge is 2.00. The lowest BCUT2D eigenvalue weighted by Gasteiger charge is -1.98. The molecule has 0 aliphatic rings. The van der Waals surface area contributed by atoms with Gasteiger partial charge in [-0.2, -0.15) is 0 Å². The molecule has 1 rings (SSSR count). The van der Waals surface area contributed by atoms with Crippen LogP contribution in [0.3, 0.4) is 0 Å². The number of nitrogens with zero attached hydrogens (tertiary/aromatic N) is 1. The number of benzene rings is 1. The van der Waals surface area contributed by atoms with E-state index in [9.17, 15) is 4.79 Å². The highest BCUT2D eigenvalue weighted by Crippen LogP contribution is 2.22. The number of hydrogen-bond acceptors (Lipinski definition) is 3. The summed E-state index contributed by atoms with van der Waals surface area (Å²) < 4.78 is 0. The Balaban J connectivity index is 3.07. The zero-order valence-electron chi connectivity index (χ0n) is 7.65. The molecule has 0 unspecified atom stereocenters. The topological polar surface area (TPSA) is 55.4 Å². The zero-order valence-corrected chi connectivity index (χ0v) is 9.16. The zero-order chi connectivity index (χ0) is 11.3. The van der Waals surface area contributed by atoms with E-state index >= 15 is 0 Å². The summed E-state index contributed by atoms with van der Waals surface area (Å²) in [7, 11) is 0. The summed E-state index contributed by atoms with van der Waals surface area (Å²) in [6.45, 7) is 0. The van der Waals surface area contributed by atoms with Crippen LogP contribution >= 0.6 is 23.2 Å². The first-order valence-corrected chi connectivity index (χ1v) is 4.79. The van der Waals surface area contributed by atoms with Crippen LogP contribution in [-0.2, 0) is 0 Å². The monoisotopic (exact) mass is 242 g/mol. The average Bonchev–Trinajstić information content (AvgIpc) is 2.26. The van der Waals surface area contributed by atoms with Gasteiger partial charge >= 0.3 is 0 Å². The van der Waals surface area contributed by atoms with Crippen LogP contribution in [0.2, 0.25) is 5.02 Å². The first-order valence-electron chi connectivity index (χ1n) is 4.03. The van der Waals surface area contributed by atoms with Crippen molar-refractivity contribution in [1.29, 1.82) is 0 Å². The van der Waals surface area contributed by atoms with Gasteiger partial charge < -0.3 is 5.73 Å². The van der Waals surface area contributed by atoms with Gasteiger partial charge in [-0.15, -0.1) is 0 Å². The highest BCUT2D eigenvalue weighted by atomic mass is 35.5. The van der Waals surface area contributed by atoms with Crippen molar-refractivity contribution in [3.63, 3.8) is 0 Å². The molecule has 0 aliphatic carbocycles. The number of hydrogen-bond donors (Lipinski definition) is 1. The van der Waals surface area contributed by atoms with Crippen LogP contribution in [0.5, 0.6) is 0 Å². The molecule has 2 N–H and O–H groups in total. The summed E-state index contributed by atoms with van der Waals surface area (Å²) in [4.78, 5) is 14.7. The Morgan fingerprint density at radius 3 is 2.80 bits per heavy atom. The Kier molecular flexibility index (Phi) is 4.34. The van der Waals surface area contributed by atoms with E-state index in [1.165, 1.54) is 12.4 Å². The van der Waals surface area contributed by atoms with E-state index in [-0.39, 0.29) is 5.03 Å². The lowest BCUT2D eigenvalue weighted by Crippen LogP contribution is -1.85. The van der Waals surface area contributed by atoms with Gasteiger partial charge in [-0.25, -0.2) is 0 Å². The molecule has 0 amide bonds. The summed E-state index contributed by atoms with van der Waals surface area (Å²) >= 11 is 11.4. The SMILES string of the molecule is NC=C(Cl)C=Nc1cc(Cl)ccc1C=O. The molecule has 78 valence electrons. The molecular weight excluding hydrogens is 235 g/mol. The van der Waals surface area contributed by atoms with Gasteiger partial charge in [0.2, 0.25) is 0 Å². The molecule has 1 aromatic rings. The second-order valence-corrected chi connectivity index (χ2v) is 3.50. The summed E-state index contributed by atoms with van der Waals surface area (Å²) in [5.74, 6) is 0. The lowest BCUT2D eigenvalue weighted by atomic mass is 10.2. The third kappa shape index (κ3) is 3.38. The second-order valence-electron chi connectivity index (χ2n) is 2.63. The van der Waals surface area contributed by atoms with Gasteiger partial charge in [0, 0.05) is 23.0 Å². The first-order chi connectivity index (χ1) is 7.17. The molecule has 0 heterocycles. The van der Waals surface area contributed by atoms with Gasteiger partial charge in [-0.05, 0) is 18.2 Å². The number of allylic oxidation sites excluding steroid dienone is 1. The number of carbonyl (C=O) groups excluding carboxylic acids is 1. The Morgan fingerprint density at radius 1 is 1.47 bits per heavy atom. The van der Waals surface area contributed by atoms with Crippen molar-refractivity contribution < 1.29 is 4.79 Å². The molecule has 1 aromatic carbocycles. The van der Waals surface area contributed by atoms with Crippen LogP contribution < -0.4 is 5.73 Å². The molecule has 0 saturated heterocycles.